The molecule has 0 heterocycles. The Labute approximate surface area is 118 Å². The minimum absolute atomic E-state index is 0.0184. The molecular formula is C12H19FN2O2S2. The van der Waals surface area contributed by atoms with Crippen molar-refractivity contribution in [3.63, 3.8) is 0 Å². The number of anilines is 1. The fourth-order valence-electron chi connectivity index (χ4n) is 1.56. The van der Waals surface area contributed by atoms with Gasteiger partial charge >= 0.3 is 0 Å². The van der Waals surface area contributed by atoms with Gasteiger partial charge in [0, 0.05) is 13.1 Å². The predicted octanol–water partition coefficient (Wildman–Crippen LogP) is 2.17. The van der Waals surface area contributed by atoms with E-state index in [1.807, 2.05) is 13.2 Å². The SMILES string of the molecule is CSCCC(C)N(C)S(=O)(=O)c1ccc(F)c(N)c1. The van der Waals surface area contributed by atoms with Crippen molar-refractivity contribution >= 4 is 27.5 Å². The summed E-state index contributed by atoms with van der Waals surface area (Å²) in [7, 11) is -2.10. The molecule has 0 aliphatic rings. The molecule has 1 rings (SSSR count). The highest BCUT2D eigenvalue weighted by Gasteiger charge is 2.25. The maximum Gasteiger partial charge on any atom is 0.243 e. The van der Waals surface area contributed by atoms with Gasteiger partial charge in [0.2, 0.25) is 10.0 Å². The number of halogens is 1. The molecule has 1 aromatic rings. The minimum atomic E-state index is -3.63. The van der Waals surface area contributed by atoms with Crippen molar-refractivity contribution < 1.29 is 12.8 Å². The molecule has 0 aromatic heterocycles. The Bertz CT molecular complexity index is 535. The molecule has 4 nitrogen and oxygen atoms in total. The van der Waals surface area contributed by atoms with Gasteiger partial charge < -0.3 is 5.73 Å². The lowest BCUT2D eigenvalue weighted by atomic mass is 10.3. The van der Waals surface area contributed by atoms with E-state index in [0.29, 0.717) is 0 Å². The van der Waals surface area contributed by atoms with E-state index < -0.39 is 15.8 Å². The molecule has 0 bridgehead atoms. The van der Waals surface area contributed by atoms with Gasteiger partial charge in [-0.3, -0.25) is 0 Å². The van der Waals surface area contributed by atoms with Crippen LogP contribution in [0.4, 0.5) is 10.1 Å². The van der Waals surface area contributed by atoms with Crippen molar-refractivity contribution in [1.29, 1.82) is 0 Å². The van der Waals surface area contributed by atoms with Crippen LogP contribution in [0.25, 0.3) is 0 Å². The molecule has 0 amide bonds. The molecule has 1 aromatic carbocycles. The highest BCUT2D eigenvalue weighted by molar-refractivity contribution is 7.98. The van der Waals surface area contributed by atoms with Gasteiger partial charge in [-0.05, 0) is 43.6 Å². The van der Waals surface area contributed by atoms with Crippen molar-refractivity contribution in [3.05, 3.63) is 24.0 Å². The van der Waals surface area contributed by atoms with E-state index in [-0.39, 0.29) is 16.6 Å². The van der Waals surface area contributed by atoms with Crippen LogP contribution in [0, 0.1) is 5.82 Å². The van der Waals surface area contributed by atoms with Crippen LogP contribution in [0.2, 0.25) is 0 Å². The lowest BCUT2D eigenvalue weighted by molar-refractivity contribution is 0.382. The third-order valence-corrected chi connectivity index (χ3v) is 5.62. The smallest absolute Gasteiger partial charge is 0.243 e. The quantitative estimate of drug-likeness (QED) is 0.818. The van der Waals surface area contributed by atoms with E-state index in [0.717, 1.165) is 24.3 Å². The minimum Gasteiger partial charge on any atom is -0.396 e. The summed E-state index contributed by atoms with van der Waals surface area (Å²) in [5.41, 5.74) is 5.25. The van der Waals surface area contributed by atoms with E-state index in [1.165, 1.54) is 17.4 Å². The number of sulfonamides is 1. The monoisotopic (exact) mass is 306 g/mol. The third-order valence-electron chi connectivity index (χ3n) is 3.00. The Morgan fingerprint density at radius 1 is 1.47 bits per heavy atom. The van der Waals surface area contributed by atoms with Crippen LogP contribution in [0.1, 0.15) is 13.3 Å². The van der Waals surface area contributed by atoms with E-state index in [4.69, 9.17) is 5.73 Å². The molecule has 108 valence electrons. The summed E-state index contributed by atoms with van der Waals surface area (Å²) in [5.74, 6) is 0.268. The summed E-state index contributed by atoms with van der Waals surface area (Å²) < 4.78 is 39.1. The number of thioether (sulfide) groups is 1. The number of hydrogen-bond donors (Lipinski definition) is 1. The molecule has 0 aliphatic carbocycles. The summed E-state index contributed by atoms with van der Waals surface area (Å²) in [5, 5.41) is 0. The first-order valence-corrected chi connectivity index (χ1v) is 8.66. The Morgan fingerprint density at radius 3 is 2.63 bits per heavy atom. The number of nitrogens with two attached hydrogens (primary N) is 1. The lowest BCUT2D eigenvalue weighted by Gasteiger charge is -2.24. The van der Waals surface area contributed by atoms with Crippen molar-refractivity contribution in [3.8, 4) is 0 Å². The normalized spacial score (nSPS) is 13.7. The maximum atomic E-state index is 13.1. The van der Waals surface area contributed by atoms with Gasteiger partial charge in [0.1, 0.15) is 5.82 Å². The highest BCUT2D eigenvalue weighted by atomic mass is 32.2. The second-order valence-corrected chi connectivity index (χ2v) is 7.32. The van der Waals surface area contributed by atoms with Crippen LogP contribution < -0.4 is 5.73 Å². The van der Waals surface area contributed by atoms with Crippen LogP contribution in [0.3, 0.4) is 0 Å². The Balaban J connectivity index is 2.99. The number of nitrogen functional groups attached to an aromatic ring is 1. The Morgan fingerprint density at radius 2 is 2.11 bits per heavy atom. The molecule has 7 heteroatoms. The molecular weight excluding hydrogens is 287 g/mol. The summed E-state index contributed by atoms with van der Waals surface area (Å²) in [6.07, 6.45) is 2.73. The number of benzene rings is 1. The van der Waals surface area contributed by atoms with Gasteiger partial charge in [-0.15, -0.1) is 0 Å². The summed E-state index contributed by atoms with van der Waals surface area (Å²) in [6.45, 7) is 1.85. The number of rotatable bonds is 6. The zero-order valence-corrected chi connectivity index (χ0v) is 12.9. The van der Waals surface area contributed by atoms with Crippen LogP contribution in [-0.4, -0.2) is 37.8 Å². The molecule has 0 aliphatic heterocycles. The third kappa shape index (κ3) is 3.84. The molecule has 0 fully saturated rings. The molecule has 0 saturated carbocycles. The highest BCUT2D eigenvalue weighted by Crippen LogP contribution is 2.22. The van der Waals surface area contributed by atoms with Crippen LogP contribution in [-0.2, 0) is 10.0 Å². The summed E-state index contributed by atoms with van der Waals surface area (Å²) in [4.78, 5) is 0.0184. The molecule has 1 atom stereocenters. The average molecular weight is 306 g/mol. The standard InChI is InChI=1S/C12H19FN2O2S2/c1-9(6-7-18-3)15(2)19(16,17)10-4-5-11(13)12(14)8-10/h4-5,8-9H,6-7,14H2,1-3H3. The Kier molecular flexibility index (Phi) is 5.64. The van der Waals surface area contributed by atoms with Crippen molar-refractivity contribution in [2.24, 2.45) is 0 Å². The van der Waals surface area contributed by atoms with Crippen molar-refractivity contribution in [2.75, 3.05) is 24.8 Å². The van der Waals surface area contributed by atoms with Crippen LogP contribution in [0.15, 0.2) is 23.1 Å². The van der Waals surface area contributed by atoms with Gasteiger partial charge in [0.25, 0.3) is 0 Å². The second kappa shape index (κ2) is 6.58. The largest absolute Gasteiger partial charge is 0.396 e. The molecule has 0 saturated heterocycles. The predicted molar refractivity (Wildman–Crippen MR) is 78.2 cm³/mol. The van der Waals surface area contributed by atoms with E-state index >= 15 is 0 Å². The molecule has 0 radical (unpaired) electrons. The van der Waals surface area contributed by atoms with Gasteiger partial charge in [-0.1, -0.05) is 0 Å². The molecule has 1 unspecified atom stereocenters. The zero-order chi connectivity index (χ0) is 14.6. The first-order valence-electron chi connectivity index (χ1n) is 5.82. The van der Waals surface area contributed by atoms with Crippen LogP contribution in [0.5, 0.6) is 0 Å². The zero-order valence-electron chi connectivity index (χ0n) is 11.3. The van der Waals surface area contributed by atoms with E-state index in [1.54, 1.807) is 11.8 Å². The first kappa shape index (κ1) is 16.3. The fraction of sp³-hybridized carbons (Fsp3) is 0.500. The summed E-state index contributed by atoms with van der Waals surface area (Å²) >= 11 is 1.67. The van der Waals surface area contributed by atoms with Gasteiger partial charge in [0.15, 0.2) is 0 Å². The molecule has 19 heavy (non-hydrogen) atoms. The van der Waals surface area contributed by atoms with Gasteiger partial charge in [0.05, 0.1) is 10.6 Å². The van der Waals surface area contributed by atoms with Gasteiger partial charge in [-0.2, -0.15) is 16.1 Å². The summed E-state index contributed by atoms with van der Waals surface area (Å²) in [6, 6.07) is 3.34. The second-order valence-electron chi connectivity index (χ2n) is 4.34. The lowest BCUT2D eigenvalue weighted by Crippen LogP contribution is -2.35. The molecule has 0 spiro atoms. The Hall–Kier alpha value is -0.790. The number of hydrogen-bond acceptors (Lipinski definition) is 4. The first-order chi connectivity index (χ1) is 8.80. The van der Waals surface area contributed by atoms with E-state index in [2.05, 4.69) is 0 Å². The topological polar surface area (TPSA) is 63.4 Å². The molecule has 2 N–H and O–H groups in total. The van der Waals surface area contributed by atoms with Crippen LogP contribution >= 0.6 is 11.8 Å². The van der Waals surface area contributed by atoms with E-state index in [9.17, 15) is 12.8 Å². The van der Waals surface area contributed by atoms with Crippen molar-refractivity contribution in [2.45, 2.75) is 24.3 Å². The van der Waals surface area contributed by atoms with Crippen molar-refractivity contribution in [1.82, 2.24) is 4.31 Å². The number of nitrogens with zero attached hydrogens (tertiary/aromatic N) is 1. The average Bonchev–Trinajstić information content (AvgIpc) is 2.37. The maximum absolute atomic E-state index is 13.1. The van der Waals surface area contributed by atoms with Gasteiger partial charge in [-0.25, -0.2) is 12.8 Å². The fourth-order valence-corrected chi connectivity index (χ4v) is 3.56.